The summed E-state index contributed by atoms with van der Waals surface area (Å²) in [5.74, 6) is 0. The van der Waals surface area contributed by atoms with Gasteiger partial charge in [0.1, 0.15) is 0 Å². The number of rotatable bonds is 1. The van der Waals surface area contributed by atoms with E-state index < -0.39 is 0 Å². The van der Waals surface area contributed by atoms with Gasteiger partial charge in [-0.05, 0) is 6.42 Å². The van der Waals surface area contributed by atoms with E-state index in [4.69, 9.17) is 0 Å². The molecule has 9 heavy (non-hydrogen) atoms. The maximum Gasteiger partial charge on any atom is 0.0951 e. The molecule has 0 bridgehead atoms. The van der Waals surface area contributed by atoms with Crippen molar-refractivity contribution in [3.8, 4) is 0 Å². The summed E-state index contributed by atoms with van der Waals surface area (Å²) < 4.78 is 2.09. The highest BCUT2D eigenvalue weighted by Crippen LogP contribution is 2.40. The normalized spacial score (nSPS) is 24.4. The van der Waals surface area contributed by atoms with Gasteiger partial charge < -0.3 is 4.57 Å². The van der Waals surface area contributed by atoms with Crippen LogP contribution >= 0.6 is 0 Å². The Balaban J connectivity index is 2.27. The molecule has 0 N–H and O–H groups in total. The first-order valence-electron chi connectivity index (χ1n) is 3.03. The first-order valence-corrected chi connectivity index (χ1v) is 3.03. The number of aromatic nitrogens is 2. The molecule has 1 aliphatic carbocycles. The molecule has 0 spiro atoms. The fourth-order valence-corrected chi connectivity index (χ4v) is 0.959. The quantitative estimate of drug-likeness (QED) is 0.512. The van der Waals surface area contributed by atoms with Crippen LogP contribution in [0.5, 0.6) is 0 Å². The lowest BCUT2D eigenvalue weighted by molar-refractivity contribution is 0.763. The zero-order valence-electron chi connectivity index (χ0n) is 5.12. The van der Waals surface area contributed by atoms with E-state index in [1.807, 2.05) is 12.5 Å². The van der Waals surface area contributed by atoms with Crippen molar-refractivity contribution in [2.45, 2.75) is 12.5 Å². The summed E-state index contributed by atoms with van der Waals surface area (Å²) in [6, 6.07) is 0.562. The average molecular weight is 120 g/mol. The Kier molecular flexibility index (Phi) is 0.781. The van der Waals surface area contributed by atoms with Gasteiger partial charge in [-0.15, -0.1) is 0 Å². The van der Waals surface area contributed by atoms with Crippen molar-refractivity contribution in [2.24, 2.45) is 0 Å². The van der Waals surface area contributed by atoms with Crippen LogP contribution in [0.25, 0.3) is 0 Å². The summed E-state index contributed by atoms with van der Waals surface area (Å²) in [6.07, 6.45) is 6.74. The van der Waals surface area contributed by atoms with E-state index in [1.165, 1.54) is 5.57 Å². The van der Waals surface area contributed by atoms with E-state index in [9.17, 15) is 0 Å². The van der Waals surface area contributed by atoms with Crippen LogP contribution in [-0.2, 0) is 0 Å². The van der Waals surface area contributed by atoms with Crippen molar-refractivity contribution < 1.29 is 0 Å². The van der Waals surface area contributed by atoms with Gasteiger partial charge in [-0.1, -0.05) is 12.2 Å². The summed E-state index contributed by atoms with van der Waals surface area (Å²) in [6.45, 7) is 3.86. The van der Waals surface area contributed by atoms with Gasteiger partial charge >= 0.3 is 0 Å². The predicted molar refractivity (Wildman–Crippen MR) is 35.0 cm³/mol. The molecule has 1 aliphatic rings. The van der Waals surface area contributed by atoms with Crippen molar-refractivity contribution in [3.63, 3.8) is 0 Å². The first-order chi connectivity index (χ1) is 4.38. The minimum atomic E-state index is 0.562. The van der Waals surface area contributed by atoms with Gasteiger partial charge in [-0.25, -0.2) is 4.98 Å². The van der Waals surface area contributed by atoms with Crippen LogP contribution in [0, 0.1) is 0 Å². The third-order valence-electron chi connectivity index (χ3n) is 1.65. The van der Waals surface area contributed by atoms with Crippen LogP contribution in [-0.4, -0.2) is 9.55 Å². The number of hydrogen-bond donors (Lipinski definition) is 0. The third-order valence-corrected chi connectivity index (χ3v) is 1.65. The summed E-state index contributed by atoms with van der Waals surface area (Å²) in [5, 5.41) is 0. The Bertz CT molecular complexity index is 223. The second kappa shape index (κ2) is 1.47. The van der Waals surface area contributed by atoms with Crippen molar-refractivity contribution in [3.05, 3.63) is 30.9 Å². The Morgan fingerprint density at radius 1 is 1.78 bits per heavy atom. The summed E-state index contributed by atoms with van der Waals surface area (Å²) in [4.78, 5) is 3.94. The predicted octanol–water partition coefficient (Wildman–Crippen LogP) is 1.38. The van der Waals surface area contributed by atoms with Gasteiger partial charge in [0.25, 0.3) is 0 Å². The Morgan fingerprint density at radius 2 is 2.56 bits per heavy atom. The monoisotopic (exact) mass is 120 g/mol. The summed E-state index contributed by atoms with van der Waals surface area (Å²) >= 11 is 0. The highest BCUT2D eigenvalue weighted by molar-refractivity contribution is 5.22. The Hall–Kier alpha value is -1.05. The van der Waals surface area contributed by atoms with Crippen molar-refractivity contribution >= 4 is 0 Å². The molecule has 2 rings (SSSR count). The van der Waals surface area contributed by atoms with Gasteiger partial charge in [-0.3, -0.25) is 0 Å². The highest BCUT2D eigenvalue weighted by atomic mass is 15.1. The van der Waals surface area contributed by atoms with E-state index in [0.717, 1.165) is 6.42 Å². The zero-order chi connectivity index (χ0) is 6.27. The topological polar surface area (TPSA) is 17.8 Å². The van der Waals surface area contributed by atoms with Crippen LogP contribution in [0.1, 0.15) is 12.5 Å². The molecule has 0 aliphatic heterocycles. The first kappa shape index (κ1) is 4.79. The molecule has 46 valence electrons. The summed E-state index contributed by atoms with van der Waals surface area (Å²) in [7, 11) is 0. The lowest BCUT2D eigenvalue weighted by Gasteiger charge is -1.91. The molecule has 2 heteroatoms. The smallest absolute Gasteiger partial charge is 0.0951 e. The molecule has 1 heterocycles. The minimum Gasteiger partial charge on any atom is -0.330 e. The molecule has 0 saturated heterocycles. The second-order valence-electron chi connectivity index (χ2n) is 2.39. The molecule has 0 amide bonds. The van der Waals surface area contributed by atoms with E-state index in [0.29, 0.717) is 6.04 Å². The molecule has 2 nitrogen and oxygen atoms in total. The van der Waals surface area contributed by atoms with E-state index >= 15 is 0 Å². The van der Waals surface area contributed by atoms with E-state index in [-0.39, 0.29) is 0 Å². The van der Waals surface area contributed by atoms with Gasteiger partial charge in [-0.2, -0.15) is 0 Å². The zero-order valence-corrected chi connectivity index (χ0v) is 5.12. The van der Waals surface area contributed by atoms with Gasteiger partial charge in [0, 0.05) is 12.4 Å². The lowest BCUT2D eigenvalue weighted by Crippen LogP contribution is -1.86. The van der Waals surface area contributed by atoms with Crippen molar-refractivity contribution in [2.75, 3.05) is 0 Å². The maximum absolute atomic E-state index is 3.94. The highest BCUT2D eigenvalue weighted by Gasteiger charge is 2.28. The second-order valence-corrected chi connectivity index (χ2v) is 2.39. The molecule has 1 fully saturated rings. The molecule has 1 unspecified atom stereocenters. The maximum atomic E-state index is 3.94. The van der Waals surface area contributed by atoms with Crippen LogP contribution in [0.15, 0.2) is 30.9 Å². The molecular weight excluding hydrogens is 112 g/mol. The molecule has 1 aromatic rings. The molecule has 1 aromatic heterocycles. The third kappa shape index (κ3) is 0.669. The Labute approximate surface area is 53.8 Å². The van der Waals surface area contributed by atoms with Gasteiger partial charge in [0.2, 0.25) is 0 Å². The molecule has 1 saturated carbocycles. The SMILES string of the molecule is C=C1CC1n1ccnc1. The average Bonchev–Trinajstić information content (AvgIpc) is 2.44. The van der Waals surface area contributed by atoms with E-state index in [2.05, 4.69) is 16.1 Å². The van der Waals surface area contributed by atoms with Gasteiger partial charge in [0.05, 0.1) is 12.4 Å². The number of imidazole rings is 1. The number of allylic oxidation sites excluding steroid dienone is 1. The largest absolute Gasteiger partial charge is 0.330 e. The van der Waals surface area contributed by atoms with Crippen molar-refractivity contribution in [1.29, 1.82) is 0 Å². The van der Waals surface area contributed by atoms with Gasteiger partial charge in [0.15, 0.2) is 0 Å². The van der Waals surface area contributed by atoms with Crippen LogP contribution < -0.4 is 0 Å². The van der Waals surface area contributed by atoms with Crippen LogP contribution in [0.3, 0.4) is 0 Å². The number of nitrogens with zero attached hydrogens (tertiary/aromatic N) is 2. The minimum absolute atomic E-state index is 0.562. The number of hydrogen-bond acceptors (Lipinski definition) is 1. The standard InChI is InChI=1S/C7H8N2/c1-6-4-7(6)9-3-2-8-5-9/h2-3,5,7H,1,4H2. The Morgan fingerprint density at radius 3 is 3.00 bits per heavy atom. The lowest BCUT2D eigenvalue weighted by atomic mass is 10.6. The summed E-state index contributed by atoms with van der Waals surface area (Å²) in [5.41, 5.74) is 1.31. The molecule has 0 aromatic carbocycles. The fourth-order valence-electron chi connectivity index (χ4n) is 0.959. The van der Waals surface area contributed by atoms with Crippen molar-refractivity contribution in [1.82, 2.24) is 9.55 Å². The molecule has 0 radical (unpaired) electrons. The van der Waals surface area contributed by atoms with Crippen LogP contribution in [0.4, 0.5) is 0 Å². The van der Waals surface area contributed by atoms with Crippen LogP contribution in [0.2, 0.25) is 0 Å². The van der Waals surface area contributed by atoms with E-state index in [1.54, 1.807) is 6.20 Å². The fraction of sp³-hybridized carbons (Fsp3) is 0.286. The molecule has 1 atom stereocenters. The molecular formula is C7H8N2.